The van der Waals surface area contributed by atoms with E-state index >= 15 is 0 Å². The number of halogens is 1. The lowest BCUT2D eigenvalue weighted by molar-refractivity contribution is 0.312. The van der Waals surface area contributed by atoms with Crippen LogP contribution in [0, 0.1) is 5.92 Å². The van der Waals surface area contributed by atoms with E-state index in [-0.39, 0.29) is 11.8 Å². The lowest BCUT2D eigenvalue weighted by Gasteiger charge is -2.17. The first-order valence-electron chi connectivity index (χ1n) is 8.54. The summed E-state index contributed by atoms with van der Waals surface area (Å²) in [5.41, 5.74) is 1.34. The minimum atomic E-state index is -3.77. The van der Waals surface area contributed by atoms with E-state index in [0.717, 1.165) is 11.0 Å². The van der Waals surface area contributed by atoms with Crippen molar-refractivity contribution in [3.8, 4) is 11.4 Å². The van der Waals surface area contributed by atoms with E-state index in [1.165, 1.54) is 6.08 Å². The van der Waals surface area contributed by atoms with Crippen LogP contribution in [0.5, 0.6) is 0 Å². The second-order valence-corrected chi connectivity index (χ2v) is 8.41. The molecule has 7 nitrogen and oxygen atoms in total. The highest BCUT2D eigenvalue weighted by Crippen LogP contribution is 2.24. The molecule has 0 aliphatic heterocycles. The standard InChI is InChI=1S/C19H19ClN4O3S/c1-13(2)17(19-22-18(23-27-19)15-7-10-21-11-8-15)24-28(25,26)12-9-14-5-3-4-6-16(14)20/h3-13,17,24H,1-2H3. The monoisotopic (exact) mass is 418 g/mol. The summed E-state index contributed by atoms with van der Waals surface area (Å²) in [6.07, 6.45) is 4.68. The highest BCUT2D eigenvalue weighted by molar-refractivity contribution is 7.92. The molecule has 2 heterocycles. The van der Waals surface area contributed by atoms with Crippen LogP contribution in [-0.4, -0.2) is 23.5 Å². The fraction of sp³-hybridized carbons (Fsp3) is 0.211. The molecule has 28 heavy (non-hydrogen) atoms. The zero-order chi connectivity index (χ0) is 20.1. The van der Waals surface area contributed by atoms with Crippen molar-refractivity contribution in [3.05, 3.63) is 70.7 Å². The van der Waals surface area contributed by atoms with Crippen LogP contribution in [0.2, 0.25) is 5.02 Å². The first kappa shape index (κ1) is 20.2. The number of sulfonamides is 1. The van der Waals surface area contributed by atoms with Crippen LogP contribution in [-0.2, 0) is 10.0 Å². The van der Waals surface area contributed by atoms with Crippen molar-refractivity contribution in [2.24, 2.45) is 5.92 Å². The van der Waals surface area contributed by atoms with Crippen LogP contribution in [0.15, 0.2) is 58.7 Å². The maximum absolute atomic E-state index is 12.5. The molecule has 1 aromatic carbocycles. The van der Waals surface area contributed by atoms with Crippen LogP contribution in [0.3, 0.4) is 0 Å². The highest BCUT2D eigenvalue weighted by Gasteiger charge is 2.26. The highest BCUT2D eigenvalue weighted by atomic mass is 35.5. The third kappa shape index (κ3) is 5.03. The molecule has 0 fully saturated rings. The van der Waals surface area contributed by atoms with Gasteiger partial charge in [-0.25, -0.2) is 8.42 Å². The quantitative estimate of drug-likeness (QED) is 0.621. The summed E-state index contributed by atoms with van der Waals surface area (Å²) >= 11 is 6.06. The molecule has 0 aliphatic carbocycles. The van der Waals surface area contributed by atoms with Crippen LogP contribution in [0.25, 0.3) is 17.5 Å². The van der Waals surface area contributed by atoms with Gasteiger partial charge >= 0.3 is 0 Å². The van der Waals surface area contributed by atoms with E-state index in [9.17, 15) is 8.42 Å². The SMILES string of the molecule is CC(C)C(NS(=O)(=O)C=Cc1ccccc1Cl)c1nc(-c2ccncc2)no1. The molecule has 0 amide bonds. The minimum Gasteiger partial charge on any atom is -0.337 e. The average molecular weight is 419 g/mol. The maximum Gasteiger partial charge on any atom is 0.245 e. The van der Waals surface area contributed by atoms with Gasteiger partial charge in [0.05, 0.1) is 0 Å². The van der Waals surface area contributed by atoms with Gasteiger partial charge < -0.3 is 4.52 Å². The Morgan fingerprint density at radius 3 is 2.54 bits per heavy atom. The molecule has 0 saturated heterocycles. The van der Waals surface area contributed by atoms with Crippen LogP contribution < -0.4 is 4.72 Å². The topological polar surface area (TPSA) is 98.0 Å². The summed E-state index contributed by atoms with van der Waals surface area (Å²) in [5, 5.41) is 5.48. The average Bonchev–Trinajstić information content (AvgIpc) is 3.16. The van der Waals surface area contributed by atoms with Gasteiger partial charge in [0, 0.05) is 28.4 Å². The van der Waals surface area contributed by atoms with Crippen molar-refractivity contribution in [3.63, 3.8) is 0 Å². The van der Waals surface area contributed by atoms with Crippen molar-refractivity contribution in [1.29, 1.82) is 0 Å². The number of pyridine rings is 1. The molecule has 0 aliphatic rings. The van der Waals surface area contributed by atoms with Crippen molar-refractivity contribution in [1.82, 2.24) is 19.8 Å². The Morgan fingerprint density at radius 1 is 1.14 bits per heavy atom. The predicted octanol–water partition coefficient (Wildman–Crippen LogP) is 4.07. The Bertz CT molecular complexity index is 1070. The van der Waals surface area contributed by atoms with Crippen LogP contribution in [0.4, 0.5) is 0 Å². The van der Waals surface area contributed by atoms with Gasteiger partial charge in [0.1, 0.15) is 6.04 Å². The van der Waals surface area contributed by atoms with Crippen molar-refractivity contribution in [2.75, 3.05) is 0 Å². The molecule has 1 N–H and O–H groups in total. The number of hydrogen-bond donors (Lipinski definition) is 1. The zero-order valence-electron chi connectivity index (χ0n) is 15.3. The first-order chi connectivity index (χ1) is 13.4. The molecule has 0 spiro atoms. The fourth-order valence-corrected chi connectivity index (χ4v) is 3.77. The number of aromatic nitrogens is 3. The van der Waals surface area contributed by atoms with E-state index in [1.54, 1.807) is 48.8 Å². The van der Waals surface area contributed by atoms with Gasteiger partial charge in [0.15, 0.2) is 0 Å². The first-order valence-corrected chi connectivity index (χ1v) is 10.5. The molecule has 1 atom stereocenters. The predicted molar refractivity (Wildman–Crippen MR) is 108 cm³/mol. The van der Waals surface area contributed by atoms with Gasteiger partial charge in [0.2, 0.25) is 21.7 Å². The van der Waals surface area contributed by atoms with E-state index in [0.29, 0.717) is 16.4 Å². The van der Waals surface area contributed by atoms with Crippen molar-refractivity contribution in [2.45, 2.75) is 19.9 Å². The third-order valence-electron chi connectivity index (χ3n) is 3.94. The van der Waals surface area contributed by atoms with E-state index in [1.807, 2.05) is 13.8 Å². The van der Waals surface area contributed by atoms with Gasteiger partial charge in [-0.2, -0.15) is 9.71 Å². The summed E-state index contributed by atoms with van der Waals surface area (Å²) in [6, 6.07) is 9.79. The minimum absolute atomic E-state index is 0.116. The normalized spacial score (nSPS) is 13.3. The second kappa shape index (κ2) is 8.64. The summed E-state index contributed by atoms with van der Waals surface area (Å²) in [6.45, 7) is 3.72. The van der Waals surface area contributed by atoms with E-state index in [4.69, 9.17) is 16.1 Å². The Labute approximate surface area is 168 Å². The van der Waals surface area contributed by atoms with Crippen molar-refractivity contribution >= 4 is 27.7 Å². The molecule has 146 valence electrons. The third-order valence-corrected chi connectivity index (χ3v) is 5.36. The number of nitrogens with zero attached hydrogens (tertiary/aromatic N) is 3. The van der Waals surface area contributed by atoms with Crippen LogP contribution >= 0.6 is 11.6 Å². The molecule has 3 rings (SSSR count). The summed E-state index contributed by atoms with van der Waals surface area (Å²) in [7, 11) is -3.77. The summed E-state index contributed by atoms with van der Waals surface area (Å²) in [5.74, 6) is 0.444. The Balaban J connectivity index is 1.81. The largest absolute Gasteiger partial charge is 0.337 e. The molecular formula is C19H19ClN4O3S. The number of nitrogens with one attached hydrogen (secondary N) is 1. The molecule has 1 unspecified atom stereocenters. The maximum atomic E-state index is 12.5. The van der Waals surface area contributed by atoms with Gasteiger partial charge in [-0.3, -0.25) is 4.98 Å². The Morgan fingerprint density at radius 2 is 1.86 bits per heavy atom. The molecule has 9 heteroatoms. The van der Waals surface area contributed by atoms with Gasteiger partial charge in [0.25, 0.3) is 0 Å². The number of rotatable bonds is 7. The van der Waals surface area contributed by atoms with Crippen LogP contribution in [0.1, 0.15) is 31.3 Å². The lowest BCUT2D eigenvalue weighted by atomic mass is 10.1. The second-order valence-electron chi connectivity index (χ2n) is 6.40. The molecule has 3 aromatic rings. The number of benzene rings is 1. The smallest absolute Gasteiger partial charge is 0.245 e. The Hall–Kier alpha value is -2.55. The molecule has 0 saturated carbocycles. The zero-order valence-corrected chi connectivity index (χ0v) is 16.9. The van der Waals surface area contributed by atoms with Gasteiger partial charge in [-0.1, -0.05) is 48.8 Å². The summed E-state index contributed by atoms with van der Waals surface area (Å²) in [4.78, 5) is 8.29. The van der Waals surface area contributed by atoms with E-state index < -0.39 is 16.1 Å². The fourth-order valence-electron chi connectivity index (χ4n) is 2.44. The number of hydrogen-bond acceptors (Lipinski definition) is 6. The molecule has 0 radical (unpaired) electrons. The van der Waals surface area contributed by atoms with Gasteiger partial charge in [-0.15, -0.1) is 0 Å². The van der Waals surface area contributed by atoms with E-state index in [2.05, 4.69) is 19.8 Å². The van der Waals surface area contributed by atoms with Crippen molar-refractivity contribution < 1.29 is 12.9 Å². The van der Waals surface area contributed by atoms with Gasteiger partial charge in [-0.05, 0) is 35.8 Å². The molecule has 2 aromatic heterocycles. The Kier molecular flexibility index (Phi) is 6.23. The summed E-state index contributed by atoms with van der Waals surface area (Å²) < 4.78 is 33.0. The molecular weight excluding hydrogens is 400 g/mol. The lowest BCUT2D eigenvalue weighted by Crippen LogP contribution is -2.30. The molecule has 0 bridgehead atoms.